The summed E-state index contributed by atoms with van der Waals surface area (Å²) in [5.74, 6) is 0.332. The quantitative estimate of drug-likeness (QED) is 0.473. The van der Waals surface area contributed by atoms with Crippen molar-refractivity contribution in [2.75, 3.05) is 7.11 Å². The molecule has 70 valence electrons. The van der Waals surface area contributed by atoms with Gasteiger partial charge in [0.2, 0.25) is 0 Å². The van der Waals surface area contributed by atoms with Crippen molar-refractivity contribution in [3.8, 4) is 0 Å². The van der Waals surface area contributed by atoms with Crippen molar-refractivity contribution in [2.45, 2.75) is 20.0 Å². The average molecular weight is 181 g/mol. The predicted octanol–water partition coefficient (Wildman–Crippen LogP) is 2.52. The number of halogens is 3. The minimum Gasteiger partial charge on any atom is -0.500 e. The minimum absolute atomic E-state index is 0.332. The zero-order valence-corrected chi connectivity index (χ0v) is 7.07. The fourth-order valence-corrected chi connectivity index (χ4v) is 0.314. The first-order chi connectivity index (χ1) is 5.38. The first-order valence-electron chi connectivity index (χ1n) is 3.20. The van der Waals surface area contributed by atoms with Crippen LogP contribution in [-0.2, 0) is 4.74 Å². The summed E-state index contributed by atoms with van der Waals surface area (Å²) < 4.78 is 40.0. The Morgan fingerprint density at radius 1 is 1.33 bits per heavy atom. The molecule has 0 saturated heterocycles. The van der Waals surface area contributed by atoms with Gasteiger partial charge in [-0.05, 0) is 13.8 Å². The largest absolute Gasteiger partial charge is 0.500 e. The number of allylic oxidation sites excluding steroid dienone is 1. The van der Waals surface area contributed by atoms with Gasteiger partial charge < -0.3 is 4.74 Å². The minimum atomic E-state index is -4.36. The van der Waals surface area contributed by atoms with Crippen LogP contribution in [0.2, 0.25) is 0 Å². The molecule has 0 aromatic heterocycles. The van der Waals surface area contributed by atoms with E-state index < -0.39 is 11.9 Å². The van der Waals surface area contributed by atoms with Crippen molar-refractivity contribution in [1.29, 1.82) is 0 Å². The topological polar surface area (TPSA) is 21.6 Å². The molecule has 0 N–H and O–H groups in total. The molecule has 0 unspecified atom stereocenters. The van der Waals surface area contributed by atoms with E-state index >= 15 is 0 Å². The number of methoxy groups -OCH3 is 1. The van der Waals surface area contributed by atoms with Crippen LogP contribution >= 0.6 is 0 Å². The molecule has 0 radical (unpaired) electrons. The molecular weight excluding hydrogens is 171 g/mol. The molecule has 0 amide bonds. The zero-order valence-electron chi connectivity index (χ0n) is 7.07. The highest BCUT2D eigenvalue weighted by molar-refractivity contribution is 5.87. The van der Waals surface area contributed by atoms with E-state index in [0.29, 0.717) is 5.76 Å². The van der Waals surface area contributed by atoms with E-state index in [1.54, 1.807) is 0 Å². The van der Waals surface area contributed by atoms with Gasteiger partial charge in [-0.1, -0.05) is 0 Å². The molecule has 0 bridgehead atoms. The lowest BCUT2D eigenvalue weighted by Gasteiger charge is -2.03. The standard InChI is InChI=1S/C7H10F3NO/c1-5(12-3)4-11-6(2)7(8,9)10/h4H,1-3H3/b5-4+,11-6?. The van der Waals surface area contributed by atoms with Crippen molar-refractivity contribution >= 4 is 5.71 Å². The van der Waals surface area contributed by atoms with Crippen LogP contribution in [-0.4, -0.2) is 19.0 Å². The monoisotopic (exact) mass is 181 g/mol. The van der Waals surface area contributed by atoms with Gasteiger partial charge in [0.1, 0.15) is 11.5 Å². The van der Waals surface area contributed by atoms with Crippen LogP contribution in [0.3, 0.4) is 0 Å². The molecule has 0 aromatic rings. The van der Waals surface area contributed by atoms with Gasteiger partial charge in [0, 0.05) is 0 Å². The summed E-state index contributed by atoms with van der Waals surface area (Å²) in [7, 11) is 1.37. The molecule has 0 spiro atoms. The second kappa shape index (κ2) is 4.13. The Morgan fingerprint density at radius 3 is 2.17 bits per heavy atom. The molecule has 0 aromatic carbocycles. The molecule has 0 aliphatic rings. The highest BCUT2D eigenvalue weighted by Crippen LogP contribution is 2.17. The normalized spacial score (nSPS) is 14.8. The smallest absolute Gasteiger partial charge is 0.429 e. The van der Waals surface area contributed by atoms with Gasteiger partial charge in [0.25, 0.3) is 0 Å². The lowest BCUT2D eigenvalue weighted by Crippen LogP contribution is -2.18. The van der Waals surface area contributed by atoms with Crippen LogP contribution in [0.4, 0.5) is 13.2 Å². The van der Waals surface area contributed by atoms with Crippen LogP contribution in [0.25, 0.3) is 0 Å². The van der Waals surface area contributed by atoms with Gasteiger partial charge in [0.05, 0.1) is 13.3 Å². The maximum absolute atomic E-state index is 11.8. The highest BCUT2D eigenvalue weighted by Gasteiger charge is 2.31. The number of aliphatic imine (C=N–C) groups is 1. The third kappa shape index (κ3) is 4.00. The molecule has 0 rings (SSSR count). The predicted molar refractivity (Wildman–Crippen MR) is 39.9 cm³/mol. The van der Waals surface area contributed by atoms with Crippen LogP contribution in [0.15, 0.2) is 17.0 Å². The van der Waals surface area contributed by atoms with Gasteiger partial charge in [-0.3, -0.25) is 4.99 Å². The summed E-state index contributed by atoms with van der Waals surface area (Å²) >= 11 is 0. The van der Waals surface area contributed by atoms with E-state index in [2.05, 4.69) is 9.73 Å². The highest BCUT2D eigenvalue weighted by atomic mass is 19.4. The maximum Gasteiger partial charge on any atom is 0.429 e. The molecule has 0 heterocycles. The summed E-state index contributed by atoms with van der Waals surface area (Å²) in [6.07, 6.45) is -3.33. The second-order valence-corrected chi connectivity index (χ2v) is 2.16. The molecule has 0 aliphatic heterocycles. The van der Waals surface area contributed by atoms with E-state index in [1.165, 1.54) is 14.0 Å². The third-order valence-electron chi connectivity index (χ3n) is 1.17. The number of hydrogen-bond acceptors (Lipinski definition) is 2. The molecule has 2 nitrogen and oxygen atoms in total. The van der Waals surface area contributed by atoms with E-state index in [1.807, 2.05) is 0 Å². The van der Waals surface area contributed by atoms with E-state index in [-0.39, 0.29) is 0 Å². The van der Waals surface area contributed by atoms with Crippen molar-refractivity contribution in [3.63, 3.8) is 0 Å². The average Bonchev–Trinajstić information content (AvgIpc) is 1.97. The Kier molecular flexibility index (Phi) is 3.79. The Hall–Kier alpha value is -1.00. The zero-order chi connectivity index (χ0) is 9.78. The fourth-order valence-electron chi connectivity index (χ4n) is 0.314. The van der Waals surface area contributed by atoms with Crippen molar-refractivity contribution in [1.82, 2.24) is 0 Å². The lowest BCUT2D eigenvalue weighted by atomic mass is 10.4. The first kappa shape index (κ1) is 11.0. The van der Waals surface area contributed by atoms with E-state index in [0.717, 1.165) is 13.1 Å². The van der Waals surface area contributed by atoms with E-state index in [4.69, 9.17) is 0 Å². The summed E-state index contributed by atoms with van der Waals surface area (Å²) in [6, 6.07) is 0. The fraction of sp³-hybridized carbons (Fsp3) is 0.571. The SMILES string of the molecule is CO/C(C)=C/N=C(C)C(F)(F)F. The Bertz CT molecular complexity index is 205. The number of alkyl halides is 3. The molecule has 0 aliphatic carbocycles. The maximum atomic E-state index is 11.8. The number of rotatable bonds is 2. The second-order valence-electron chi connectivity index (χ2n) is 2.16. The van der Waals surface area contributed by atoms with Crippen LogP contribution < -0.4 is 0 Å². The van der Waals surface area contributed by atoms with Gasteiger partial charge in [-0.25, -0.2) is 0 Å². The Morgan fingerprint density at radius 2 is 1.83 bits per heavy atom. The summed E-state index contributed by atoms with van der Waals surface area (Å²) in [5, 5.41) is 0. The molecule has 5 heteroatoms. The number of hydrogen-bond donors (Lipinski definition) is 0. The Balaban J connectivity index is 4.39. The number of ether oxygens (including phenoxy) is 1. The van der Waals surface area contributed by atoms with Gasteiger partial charge in [-0.2, -0.15) is 13.2 Å². The van der Waals surface area contributed by atoms with Crippen molar-refractivity contribution in [3.05, 3.63) is 12.0 Å². The van der Waals surface area contributed by atoms with Gasteiger partial charge >= 0.3 is 6.18 Å². The van der Waals surface area contributed by atoms with Crippen LogP contribution in [0.5, 0.6) is 0 Å². The van der Waals surface area contributed by atoms with Gasteiger partial charge in [0.15, 0.2) is 0 Å². The summed E-state index contributed by atoms with van der Waals surface area (Å²) in [6.45, 7) is 2.42. The number of nitrogens with zero attached hydrogens (tertiary/aromatic N) is 1. The lowest BCUT2D eigenvalue weighted by molar-refractivity contribution is -0.0591. The van der Waals surface area contributed by atoms with Crippen molar-refractivity contribution in [2.24, 2.45) is 4.99 Å². The molecule has 0 saturated carbocycles. The van der Waals surface area contributed by atoms with Crippen molar-refractivity contribution < 1.29 is 17.9 Å². The van der Waals surface area contributed by atoms with Crippen LogP contribution in [0, 0.1) is 0 Å². The summed E-state index contributed by atoms with van der Waals surface area (Å²) in [5.41, 5.74) is -0.890. The molecule has 0 fully saturated rings. The van der Waals surface area contributed by atoms with Crippen LogP contribution in [0.1, 0.15) is 13.8 Å². The third-order valence-corrected chi connectivity index (χ3v) is 1.17. The molecule has 12 heavy (non-hydrogen) atoms. The molecule has 0 atom stereocenters. The Labute approximate surface area is 68.7 Å². The van der Waals surface area contributed by atoms with E-state index in [9.17, 15) is 13.2 Å². The first-order valence-corrected chi connectivity index (χ1v) is 3.20. The summed E-state index contributed by atoms with van der Waals surface area (Å²) in [4.78, 5) is 3.17. The van der Waals surface area contributed by atoms with Gasteiger partial charge in [-0.15, -0.1) is 0 Å². The molecular formula is C7H10F3NO.